The number of H-pyrrole nitrogens is 1. The van der Waals surface area contributed by atoms with Crippen LogP contribution in [0.2, 0.25) is 0 Å². The van der Waals surface area contributed by atoms with Crippen LogP contribution in [-0.4, -0.2) is 22.5 Å². The second-order valence-corrected chi connectivity index (χ2v) is 3.37. The van der Waals surface area contributed by atoms with Gasteiger partial charge in [0, 0.05) is 6.42 Å². The molecule has 0 radical (unpaired) electrons. The van der Waals surface area contributed by atoms with E-state index in [0.717, 1.165) is 17.5 Å². The van der Waals surface area contributed by atoms with Gasteiger partial charge in [-0.3, -0.25) is 0 Å². The Bertz CT molecular complexity index is 469. The molecule has 84 valence electrons. The van der Waals surface area contributed by atoms with E-state index in [9.17, 15) is 0 Å². The number of benzene rings is 1. The number of aliphatic imine (C=N–C) groups is 1. The number of para-hydroxylation sites is 2. The van der Waals surface area contributed by atoms with E-state index >= 15 is 0 Å². The van der Waals surface area contributed by atoms with Crippen molar-refractivity contribution in [3.05, 3.63) is 24.3 Å². The Morgan fingerprint density at radius 3 is 2.88 bits per heavy atom. The number of ether oxygens (including phenoxy) is 1. The van der Waals surface area contributed by atoms with Crippen LogP contribution < -0.4 is 0 Å². The predicted molar refractivity (Wildman–Crippen MR) is 65.1 cm³/mol. The standard InChI is InChI=1S/C12H15N3O/c1-3-11(16-4-2)15-12-13-9-7-5-6-8-10(9)14-12/h5-8H,3-4H2,1-2H3,(H,13,14)/b15-11-. The topological polar surface area (TPSA) is 50.3 Å². The lowest BCUT2D eigenvalue weighted by atomic mass is 10.3. The van der Waals surface area contributed by atoms with Gasteiger partial charge in [-0.1, -0.05) is 19.1 Å². The number of rotatable bonds is 3. The highest BCUT2D eigenvalue weighted by molar-refractivity contribution is 5.81. The summed E-state index contributed by atoms with van der Waals surface area (Å²) < 4.78 is 5.38. The lowest BCUT2D eigenvalue weighted by Gasteiger charge is -2.02. The smallest absolute Gasteiger partial charge is 0.230 e. The summed E-state index contributed by atoms with van der Waals surface area (Å²) in [6, 6.07) is 7.86. The molecule has 0 aliphatic rings. The maximum atomic E-state index is 5.38. The number of aromatic nitrogens is 2. The van der Waals surface area contributed by atoms with Gasteiger partial charge in [-0.15, -0.1) is 0 Å². The van der Waals surface area contributed by atoms with Crippen molar-refractivity contribution >= 4 is 22.9 Å². The van der Waals surface area contributed by atoms with Crippen molar-refractivity contribution in [1.82, 2.24) is 9.97 Å². The first-order valence-corrected chi connectivity index (χ1v) is 5.48. The highest BCUT2D eigenvalue weighted by Gasteiger charge is 2.02. The van der Waals surface area contributed by atoms with Gasteiger partial charge in [0.15, 0.2) is 5.90 Å². The number of imidazole rings is 1. The summed E-state index contributed by atoms with van der Waals surface area (Å²) in [6.07, 6.45) is 0.769. The number of fused-ring (bicyclic) bond motifs is 1. The fourth-order valence-electron chi connectivity index (χ4n) is 1.49. The molecule has 1 aromatic carbocycles. The molecule has 1 heterocycles. The average molecular weight is 217 g/mol. The van der Waals surface area contributed by atoms with Gasteiger partial charge in [0.2, 0.25) is 5.95 Å². The maximum Gasteiger partial charge on any atom is 0.230 e. The minimum atomic E-state index is 0.603. The van der Waals surface area contributed by atoms with Crippen molar-refractivity contribution in [3.63, 3.8) is 0 Å². The van der Waals surface area contributed by atoms with Crippen LogP contribution in [-0.2, 0) is 4.74 Å². The first-order valence-electron chi connectivity index (χ1n) is 5.48. The molecule has 0 aliphatic carbocycles. The van der Waals surface area contributed by atoms with E-state index < -0.39 is 0 Å². The van der Waals surface area contributed by atoms with Gasteiger partial charge in [0.1, 0.15) is 0 Å². The minimum Gasteiger partial charge on any atom is -0.481 e. The van der Waals surface area contributed by atoms with Crippen molar-refractivity contribution < 1.29 is 4.74 Å². The average Bonchev–Trinajstić information content (AvgIpc) is 2.70. The van der Waals surface area contributed by atoms with Gasteiger partial charge in [0.05, 0.1) is 17.6 Å². The summed E-state index contributed by atoms with van der Waals surface area (Å²) in [4.78, 5) is 11.8. The Morgan fingerprint density at radius 1 is 1.38 bits per heavy atom. The largest absolute Gasteiger partial charge is 0.481 e. The quantitative estimate of drug-likeness (QED) is 0.634. The molecule has 0 spiro atoms. The Kier molecular flexibility index (Phi) is 3.19. The number of aromatic amines is 1. The highest BCUT2D eigenvalue weighted by Crippen LogP contribution is 2.16. The van der Waals surface area contributed by atoms with Crippen molar-refractivity contribution in [1.29, 1.82) is 0 Å². The van der Waals surface area contributed by atoms with Gasteiger partial charge in [-0.05, 0) is 19.1 Å². The number of hydrogen-bond acceptors (Lipinski definition) is 3. The Labute approximate surface area is 94.4 Å². The fourth-order valence-corrected chi connectivity index (χ4v) is 1.49. The second-order valence-electron chi connectivity index (χ2n) is 3.37. The Hall–Kier alpha value is -1.84. The highest BCUT2D eigenvalue weighted by atomic mass is 16.5. The summed E-state index contributed by atoms with van der Waals surface area (Å²) in [5.41, 5.74) is 1.92. The summed E-state index contributed by atoms with van der Waals surface area (Å²) in [7, 11) is 0. The number of nitrogens with one attached hydrogen (secondary N) is 1. The lowest BCUT2D eigenvalue weighted by Crippen LogP contribution is -2.02. The van der Waals surface area contributed by atoms with Crippen molar-refractivity contribution in [3.8, 4) is 0 Å². The molecule has 0 saturated carbocycles. The van der Waals surface area contributed by atoms with Gasteiger partial charge in [0.25, 0.3) is 0 Å². The van der Waals surface area contributed by atoms with E-state index in [0.29, 0.717) is 18.5 Å². The zero-order valence-corrected chi connectivity index (χ0v) is 9.53. The summed E-state index contributed by atoms with van der Waals surface area (Å²) >= 11 is 0. The molecule has 4 nitrogen and oxygen atoms in total. The summed E-state index contributed by atoms with van der Waals surface area (Å²) in [5, 5.41) is 0. The van der Waals surface area contributed by atoms with E-state index in [2.05, 4.69) is 15.0 Å². The third-order valence-electron chi connectivity index (χ3n) is 2.22. The second kappa shape index (κ2) is 4.79. The van der Waals surface area contributed by atoms with Crippen molar-refractivity contribution in [2.24, 2.45) is 4.99 Å². The van der Waals surface area contributed by atoms with Crippen LogP contribution in [0.25, 0.3) is 11.0 Å². The van der Waals surface area contributed by atoms with E-state index in [4.69, 9.17) is 4.74 Å². The van der Waals surface area contributed by atoms with Gasteiger partial charge in [-0.25, -0.2) is 4.98 Å². The van der Waals surface area contributed by atoms with Crippen molar-refractivity contribution in [2.45, 2.75) is 20.3 Å². The molecule has 0 fully saturated rings. The zero-order valence-electron chi connectivity index (χ0n) is 9.53. The molecular formula is C12H15N3O. The molecule has 0 unspecified atom stereocenters. The first kappa shape index (κ1) is 10.7. The Morgan fingerprint density at radius 2 is 2.19 bits per heavy atom. The molecule has 0 saturated heterocycles. The van der Waals surface area contributed by atoms with Crippen LogP contribution in [0.4, 0.5) is 5.95 Å². The van der Waals surface area contributed by atoms with Gasteiger partial charge in [-0.2, -0.15) is 4.99 Å². The molecule has 1 aromatic heterocycles. The zero-order chi connectivity index (χ0) is 11.4. The number of hydrogen-bond donors (Lipinski definition) is 1. The molecule has 2 rings (SSSR count). The van der Waals surface area contributed by atoms with E-state index in [1.807, 2.05) is 38.1 Å². The fraction of sp³-hybridized carbons (Fsp3) is 0.333. The van der Waals surface area contributed by atoms with E-state index in [1.54, 1.807) is 0 Å². The number of nitrogens with zero attached hydrogens (tertiary/aromatic N) is 2. The molecule has 1 N–H and O–H groups in total. The van der Waals surface area contributed by atoms with Crippen LogP contribution in [0, 0.1) is 0 Å². The molecule has 2 aromatic rings. The van der Waals surface area contributed by atoms with Crippen LogP contribution >= 0.6 is 0 Å². The van der Waals surface area contributed by atoms with Gasteiger partial charge >= 0.3 is 0 Å². The molecule has 0 atom stereocenters. The van der Waals surface area contributed by atoms with Crippen LogP contribution in [0.1, 0.15) is 20.3 Å². The molecule has 0 aliphatic heterocycles. The SMILES string of the molecule is CCO/C(CC)=N\c1nc2ccccc2[nH]1. The lowest BCUT2D eigenvalue weighted by molar-refractivity contribution is 0.319. The molecular weight excluding hydrogens is 202 g/mol. The monoisotopic (exact) mass is 217 g/mol. The normalized spacial score (nSPS) is 12.0. The third kappa shape index (κ3) is 2.21. The summed E-state index contributed by atoms with van der Waals surface area (Å²) in [6.45, 7) is 4.59. The van der Waals surface area contributed by atoms with Crippen LogP contribution in [0.3, 0.4) is 0 Å². The van der Waals surface area contributed by atoms with Crippen LogP contribution in [0.5, 0.6) is 0 Å². The minimum absolute atomic E-state index is 0.603. The van der Waals surface area contributed by atoms with Crippen LogP contribution in [0.15, 0.2) is 29.3 Å². The molecule has 4 heteroatoms. The Balaban J connectivity index is 2.32. The van der Waals surface area contributed by atoms with E-state index in [1.165, 1.54) is 0 Å². The maximum absolute atomic E-state index is 5.38. The predicted octanol–water partition coefficient (Wildman–Crippen LogP) is 3.04. The molecule has 0 bridgehead atoms. The van der Waals surface area contributed by atoms with Gasteiger partial charge < -0.3 is 9.72 Å². The molecule has 16 heavy (non-hydrogen) atoms. The third-order valence-corrected chi connectivity index (χ3v) is 2.22. The van der Waals surface area contributed by atoms with Crippen molar-refractivity contribution in [2.75, 3.05) is 6.61 Å². The first-order chi connectivity index (χ1) is 7.83. The van der Waals surface area contributed by atoms with E-state index in [-0.39, 0.29) is 0 Å². The molecule has 0 amide bonds. The summed E-state index contributed by atoms with van der Waals surface area (Å²) in [5.74, 6) is 1.31.